The third-order valence-electron chi connectivity index (χ3n) is 3.39. The molecule has 0 aromatic rings. The normalized spacial score (nSPS) is 26.1. The van der Waals surface area contributed by atoms with Crippen LogP contribution >= 0.6 is 0 Å². The Kier molecular flexibility index (Phi) is 7.01. The van der Waals surface area contributed by atoms with Gasteiger partial charge in [0.15, 0.2) is 0 Å². The van der Waals surface area contributed by atoms with E-state index in [1.54, 1.807) is 7.11 Å². The molecule has 3 nitrogen and oxygen atoms in total. The highest BCUT2D eigenvalue weighted by atomic mass is 16.5. The summed E-state index contributed by atoms with van der Waals surface area (Å²) in [5.74, 6) is 0.650. The number of hydrogen-bond donors (Lipinski definition) is 1. The number of nitrogens with zero attached hydrogens (tertiary/aromatic N) is 1. The van der Waals surface area contributed by atoms with Crippen LogP contribution in [0.5, 0.6) is 0 Å². The first kappa shape index (κ1) is 13.9. The molecule has 3 heteroatoms. The predicted molar refractivity (Wildman–Crippen MR) is 68.8 cm³/mol. The zero-order valence-corrected chi connectivity index (χ0v) is 11.2. The summed E-state index contributed by atoms with van der Waals surface area (Å²) in [4.78, 5) is 2.60. The number of nitrogens with one attached hydrogen (secondary N) is 1. The van der Waals surface area contributed by atoms with E-state index in [0.717, 1.165) is 12.6 Å². The fourth-order valence-corrected chi connectivity index (χ4v) is 2.47. The third kappa shape index (κ3) is 5.28. The Labute approximate surface area is 101 Å². The van der Waals surface area contributed by atoms with Crippen molar-refractivity contribution in [3.63, 3.8) is 0 Å². The predicted octanol–water partition coefficient (Wildman–Crippen LogP) is 1.73. The van der Waals surface area contributed by atoms with Gasteiger partial charge in [0, 0.05) is 26.3 Å². The first-order chi connectivity index (χ1) is 7.76. The topological polar surface area (TPSA) is 24.5 Å². The van der Waals surface area contributed by atoms with Gasteiger partial charge in [-0.05, 0) is 44.8 Å². The average Bonchev–Trinajstić information content (AvgIpc) is 2.23. The molecule has 1 heterocycles. The lowest BCUT2D eigenvalue weighted by Crippen LogP contribution is -2.41. The van der Waals surface area contributed by atoms with E-state index in [4.69, 9.17) is 4.74 Å². The Morgan fingerprint density at radius 2 is 2.25 bits per heavy atom. The molecule has 2 atom stereocenters. The minimum atomic E-state index is 0.650. The van der Waals surface area contributed by atoms with Gasteiger partial charge >= 0.3 is 0 Å². The van der Waals surface area contributed by atoms with Gasteiger partial charge < -0.3 is 15.0 Å². The van der Waals surface area contributed by atoms with Gasteiger partial charge in [-0.25, -0.2) is 0 Å². The van der Waals surface area contributed by atoms with Crippen molar-refractivity contribution in [3.8, 4) is 0 Å². The summed E-state index contributed by atoms with van der Waals surface area (Å²) in [6.07, 6.45) is 3.81. The second kappa shape index (κ2) is 8.04. The molecule has 0 radical (unpaired) electrons. The van der Waals surface area contributed by atoms with E-state index < -0.39 is 0 Å². The van der Waals surface area contributed by atoms with Crippen LogP contribution in [0.15, 0.2) is 0 Å². The Morgan fingerprint density at radius 1 is 1.44 bits per heavy atom. The summed E-state index contributed by atoms with van der Waals surface area (Å²) < 4.78 is 5.20. The summed E-state index contributed by atoms with van der Waals surface area (Å²) in [6, 6.07) is 0.723. The Hall–Kier alpha value is -0.120. The highest BCUT2D eigenvalue weighted by molar-refractivity contribution is 4.73. The molecule has 0 aliphatic carbocycles. The SMILES string of the molecule is CCC1CCN(CC(C)COC)CCCN1. The van der Waals surface area contributed by atoms with Crippen molar-refractivity contribution >= 4 is 0 Å². The van der Waals surface area contributed by atoms with Crippen LogP contribution in [0.4, 0.5) is 0 Å². The van der Waals surface area contributed by atoms with E-state index in [1.165, 1.54) is 45.4 Å². The molecule has 1 rings (SSSR count). The summed E-state index contributed by atoms with van der Waals surface area (Å²) in [7, 11) is 1.79. The fourth-order valence-electron chi connectivity index (χ4n) is 2.47. The van der Waals surface area contributed by atoms with Crippen molar-refractivity contribution in [1.82, 2.24) is 10.2 Å². The average molecular weight is 228 g/mol. The summed E-state index contributed by atoms with van der Waals surface area (Å²) in [6.45, 7) is 10.3. The molecule has 0 bridgehead atoms. The number of methoxy groups -OCH3 is 1. The van der Waals surface area contributed by atoms with Gasteiger partial charge in [-0.1, -0.05) is 13.8 Å². The van der Waals surface area contributed by atoms with Crippen molar-refractivity contribution in [2.45, 2.75) is 39.2 Å². The zero-order chi connectivity index (χ0) is 11.8. The van der Waals surface area contributed by atoms with E-state index in [0.29, 0.717) is 5.92 Å². The lowest BCUT2D eigenvalue weighted by atomic mass is 10.1. The summed E-state index contributed by atoms with van der Waals surface area (Å²) in [5, 5.41) is 3.62. The Balaban J connectivity index is 2.29. The van der Waals surface area contributed by atoms with E-state index in [-0.39, 0.29) is 0 Å². The molecule has 1 saturated heterocycles. The van der Waals surface area contributed by atoms with Crippen LogP contribution < -0.4 is 5.32 Å². The molecule has 2 unspecified atom stereocenters. The Bertz CT molecular complexity index is 175. The van der Waals surface area contributed by atoms with Gasteiger partial charge in [0.2, 0.25) is 0 Å². The van der Waals surface area contributed by atoms with E-state index in [9.17, 15) is 0 Å². The van der Waals surface area contributed by atoms with Crippen LogP contribution in [0, 0.1) is 5.92 Å². The molecule has 16 heavy (non-hydrogen) atoms. The zero-order valence-electron chi connectivity index (χ0n) is 11.2. The molecule has 0 aromatic carbocycles. The monoisotopic (exact) mass is 228 g/mol. The first-order valence-electron chi connectivity index (χ1n) is 6.71. The molecule has 0 amide bonds. The van der Waals surface area contributed by atoms with Gasteiger partial charge in [0.05, 0.1) is 0 Å². The second-order valence-electron chi connectivity index (χ2n) is 5.06. The molecule has 0 spiro atoms. The molecular formula is C13H28N2O. The van der Waals surface area contributed by atoms with Crippen LogP contribution in [-0.4, -0.2) is 50.8 Å². The summed E-state index contributed by atoms with van der Waals surface area (Å²) in [5.41, 5.74) is 0. The van der Waals surface area contributed by atoms with Crippen molar-refractivity contribution in [3.05, 3.63) is 0 Å². The molecular weight excluding hydrogens is 200 g/mol. The Morgan fingerprint density at radius 3 is 2.94 bits per heavy atom. The van der Waals surface area contributed by atoms with E-state index in [2.05, 4.69) is 24.1 Å². The quantitative estimate of drug-likeness (QED) is 0.775. The summed E-state index contributed by atoms with van der Waals surface area (Å²) >= 11 is 0. The molecule has 1 aliphatic heterocycles. The van der Waals surface area contributed by atoms with Crippen molar-refractivity contribution < 1.29 is 4.74 Å². The van der Waals surface area contributed by atoms with Crippen LogP contribution in [-0.2, 0) is 4.74 Å². The van der Waals surface area contributed by atoms with Crippen LogP contribution in [0.3, 0.4) is 0 Å². The van der Waals surface area contributed by atoms with Crippen molar-refractivity contribution in [2.24, 2.45) is 5.92 Å². The molecule has 0 aromatic heterocycles. The standard InChI is InChI=1S/C13H28N2O/c1-4-13-6-9-15(8-5-7-14-13)10-12(2)11-16-3/h12-14H,4-11H2,1-3H3. The van der Waals surface area contributed by atoms with Crippen LogP contribution in [0.2, 0.25) is 0 Å². The minimum absolute atomic E-state index is 0.650. The maximum absolute atomic E-state index is 5.20. The maximum Gasteiger partial charge on any atom is 0.0500 e. The number of rotatable bonds is 5. The van der Waals surface area contributed by atoms with Crippen LogP contribution in [0.25, 0.3) is 0 Å². The van der Waals surface area contributed by atoms with Gasteiger partial charge in [0.25, 0.3) is 0 Å². The highest BCUT2D eigenvalue weighted by Crippen LogP contribution is 2.08. The third-order valence-corrected chi connectivity index (χ3v) is 3.39. The van der Waals surface area contributed by atoms with Crippen molar-refractivity contribution in [2.75, 3.05) is 39.9 Å². The van der Waals surface area contributed by atoms with Gasteiger partial charge in [0.1, 0.15) is 0 Å². The van der Waals surface area contributed by atoms with E-state index >= 15 is 0 Å². The van der Waals surface area contributed by atoms with Gasteiger partial charge in [-0.3, -0.25) is 0 Å². The van der Waals surface area contributed by atoms with Crippen molar-refractivity contribution in [1.29, 1.82) is 0 Å². The fraction of sp³-hybridized carbons (Fsp3) is 1.00. The first-order valence-corrected chi connectivity index (χ1v) is 6.71. The molecule has 0 saturated carbocycles. The molecule has 1 N–H and O–H groups in total. The smallest absolute Gasteiger partial charge is 0.0500 e. The maximum atomic E-state index is 5.20. The van der Waals surface area contributed by atoms with E-state index in [1.807, 2.05) is 0 Å². The van der Waals surface area contributed by atoms with Gasteiger partial charge in [-0.15, -0.1) is 0 Å². The van der Waals surface area contributed by atoms with Crippen LogP contribution in [0.1, 0.15) is 33.1 Å². The largest absolute Gasteiger partial charge is 0.384 e. The lowest BCUT2D eigenvalue weighted by molar-refractivity contribution is 0.123. The molecule has 96 valence electrons. The number of ether oxygens (including phenoxy) is 1. The second-order valence-corrected chi connectivity index (χ2v) is 5.06. The van der Waals surface area contributed by atoms with Gasteiger partial charge in [-0.2, -0.15) is 0 Å². The molecule has 1 fully saturated rings. The molecule has 1 aliphatic rings. The highest BCUT2D eigenvalue weighted by Gasteiger charge is 2.15. The minimum Gasteiger partial charge on any atom is -0.384 e. The lowest BCUT2D eigenvalue weighted by Gasteiger charge is -2.30. The number of hydrogen-bond acceptors (Lipinski definition) is 3.